The molecule has 0 saturated carbocycles. The van der Waals surface area contributed by atoms with Gasteiger partial charge in [0.15, 0.2) is 11.5 Å². The molecule has 20 heavy (non-hydrogen) atoms. The molecule has 0 aliphatic heterocycles. The van der Waals surface area contributed by atoms with E-state index in [1.165, 1.54) is 7.11 Å². The van der Waals surface area contributed by atoms with Crippen LogP contribution in [-0.2, 0) is 0 Å². The third-order valence-electron chi connectivity index (χ3n) is 3.92. The molecule has 0 fully saturated rings. The number of hydrogen-bond donors (Lipinski definition) is 3. The van der Waals surface area contributed by atoms with Gasteiger partial charge in [-0.25, -0.2) is 0 Å². The van der Waals surface area contributed by atoms with Crippen LogP contribution < -0.4 is 4.74 Å². The predicted octanol–water partition coefficient (Wildman–Crippen LogP) is 2.46. The van der Waals surface area contributed by atoms with Crippen molar-refractivity contribution in [2.75, 3.05) is 7.11 Å². The minimum atomic E-state index is -1.01. The maximum Gasteiger partial charge on any atom is 0.167 e. The van der Waals surface area contributed by atoms with E-state index < -0.39 is 12.2 Å². The van der Waals surface area contributed by atoms with Gasteiger partial charge in [-0.15, -0.1) is 0 Å². The molecule has 3 rings (SSSR count). The van der Waals surface area contributed by atoms with Crippen LogP contribution in [0, 0.1) is 6.92 Å². The third-order valence-corrected chi connectivity index (χ3v) is 3.92. The molecule has 4 heteroatoms. The smallest absolute Gasteiger partial charge is 0.167 e. The first-order valence-electron chi connectivity index (χ1n) is 6.42. The lowest BCUT2D eigenvalue weighted by molar-refractivity contribution is -0.0156. The van der Waals surface area contributed by atoms with Gasteiger partial charge >= 0.3 is 0 Å². The highest BCUT2D eigenvalue weighted by molar-refractivity contribution is 5.81. The fourth-order valence-electron chi connectivity index (χ4n) is 2.94. The van der Waals surface area contributed by atoms with Crippen LogP contribution in [0.2, 0.25) is 0 Å². The highest BCUT2D eigenvalue weighted by Crippen LogP contribution is 2.56. The molecule has 0 radical (unpaired) electrons. The molecule has 0 saturated heterocycles. The zero-order valence-electron chi connectivity index (χ0n) is 11.3. The highest BCUT2D eigenvalue weighted by atomic mass is 16.5. The van der Waals surface area contributed by atoms with Crippen molar-refractivity contribution in [3.05, 3.63) is 47.0 Å². The third kappa shape index (κ3) is 1.55. The molecule has 2 aromatic carbocycles. The van der Waals surface area contributed by atoms with E-state index in [2.05, 4.69) is 0 Å². The van der Waals surface area contributed by atoms with Crippen LogP contribution >= 0.6 is 0 Å². The van der Waals surface area contributed by atoms with Crippen molar-refractivity contribution in [1.82, 2.24) is 0 Å². The standard InChI is InChI=1S/C16H16O4/c1-8-10(9-6-4-3-5-7-9)15(19)16(20-2)12-11(8)13(17)14(12)18/h3-7,13-14,17-19H,1-2H3/t13-,14+/m1/s1. The van der Waals surface area contributed by atoms with Crippen molar-refractivity contribution in [3.8, 4) is 22.6 Å². The molecule has 1 aliphatic rings. The lowest BCUT2D eigenvalue weighted by atomic mass is 9.76. The van der Waals surface area contributed by atoms with Gasteiger partial charge in [0, 0.05) is 11.1 Å². The molecule has 2 aromatic rings. The largest absolute Gasteiger partial charge is 0.504 e. The normalized spacial score (nSPS) is 20.2. The first kappa shape index (κ1) is 13.0. The summed E-state index contributed by atoms with van der Waals surface area (Å²) in [6, 6.07) is 9.42. The lowest BCUT2D eigenvalue weighted by Crippen LogP contribution is -2.26. The number of ether oxygens (including phenoxy) is 1. The number of benzene rings is 2. The highest BCUT2D eigenvalue weighted by Gasteiger charge is 2.42. The Morgan fingerprint density at radius 3 is 2.20 bits per heavy atom. The Hall–Kier alpha value is -2.04. The Labute approximate surface area is 116 Å². The number of aromatic hydroxyl groups is 1. The first-order chi connectivity index (χ1) is 9.57. The number of aliphatic hydroxyl groups is 2. The number of fused-ring (bicyclic) bond motifs is 1. The van der Waals surface area contributed by atoms with Crippen LogP contribution in [0.5, 0.6) is 11.5 Å². The average Bonchev–Trinajstić information content (AvgIpc) is 2.47. The van der Waals surface area contributed by atoms with E-state index in [4.69, 9.17) is 4.74 Å². The van der Waals surface area contributed by atoms with Gasteiger partial charge < -0.3 is 20.1 Å². The van der Waals surface area contributed by atoms with Crippen molar-refractivity contribution >= 4 is 0 Å². The second kappa shape index (κ2) is 4.51. The Bertz CT molecular complexity index is 641. The van der Waals surface area contributed by atoms with Crippen molar-refractivity contribution in [3.63, 3.8) is 0 Å². The first-order valence-corrected chi connectivity index (χ1v) is 6.42. The van der Waals surface area contributed by atoms with Gasteiger partial charge in [0.25, 0.3) is 0 Å². The quantitative estimate of drug-likeness (QED) is 0.785. The van der Waals surface area contributed by atoms with Crippen LogP contribution in [-0.4, -0.2) is 22.4 Å². The zero-order chi connectivity index (χ0) is 14.4. The molecule has 104 valence electrons. The Morgan fingerprint density at radius 1 is 1.00 bits per heavy atom. The van der Waals surface area contributed by atoms with Gasteiger partial charge in [-0.1, -0.05) is 30.3 Å². The SMILES string of the molecule is COc1c(O)c(-c2ccccc2)c(C)c2c1[C@H](O)[C@@H]2O. The molecule has 1 aliphatic carbocycles. The molecule has 2 atom stereocenters. The molecule has 0 amide bonds. The molecule has 4 nitrogen and oxygen atoms in total. The second-order valence-corrected chi connectivity index (χ2v) is 4.96. The van der Waals surface area contributed by atoms with Crippen LogP contribution in [0.15, 0.2) is 30.3 Å². The van der Waals surface area contributed by atoms with Gasteiger partial charge in [0.1, 0.15) is 12.2 Å². The van der Waals surface area contributed by atoms with Gasteiger partial charge in [-0.3, -0.25) is 0 Å². The fraction of sp³-hybridized carbons (Fsp3) is 0.250. The van der Waals surface area contributed by atoms with Gasteiger partial charge in [0.05, 0.1) is 7.11 Å². The van der Waals surface area contributed by atoms with Crippen LogP contribution in [0.25, 0.3) is 11.1 Å². The number of aliphatic hydroxyl groups excluding tert-OH is 2. The summed E-state index contributed by atoms with van der Waals surface area (Å²) in [6.45, 7) is 1.83. The average molecular weight is 272 g/mol. The molecular formula is C16H16O4. The summed E-state index contributed by atoms with van der Waals surface area (Å²) in [4.78, 5) is 0. The van der Waals surface area contributed by atoms with E-state index in [1.54, 1.807) is 0 Å². The van der Waals surface area contributed by atoms with Crippen molar-refractivity contribution < 1.29 is 20.1 Å². The van der Waals surface area contributed by atoms with Crippen LogP contribution in [0.1, 0.15) is 28.9 Å². The van der Waals surface area contributed by atoms with E-state index in [1.807, 2.05) is 37.3 Å². The lowest BCUT2D eigenvalue weighted by Gasteiger charge is -2.36. The molecule has 0 aromatic heterocycles. The molecule has 3 N–H and O–H groups in total. The molecule has 0 unspecified atom stereocenters. The van der Waals surface area contributed by atoms with E-state index >= 15 is 0 Å². The number of hydrogen-bond acceptors (Lipinski definition) is 4. The Balaban J connectivity index is 2.32. The summed E-state index contributed by atoms with van der Waals surface area (Å²) in [7, 11) is 1.44. The second-order valence-electron chi connectivity index (χ2n) is 4.96. The maximum absolute atomic E-state index is 10.4. The van der Waals surface area contributed by atoms with Crippen LogP contribution in [0.4, 0.5) is 0 Å². The fourth-order valence-corrected chi connectivity index (χ4v) is 2.94. The van der Waals surface area contributed by atoms with Gasteiger partial charge in [-0.05, 0) is 23.6 Å². The predicted molar refractivity (Wildman–Crippen MR) is 74.8 cm³/mol. The minimum Gasteiger partial charge on any atom is -0.504 e. The number of phenolic OH excluding ortho intramolecular Hbond substituents is 1. The zero-order valence-corrected chi connectivity index (χ0v) is 11.3. The van der Waals surface area contributed by atoms with E-state index in [0.29, 0.717) is 16.7 Å². The van der Waals surface area contributed by atoms with E-state index in [-0.39, 0.29) is 11.5 Å². The summed E-state index contributed by atoms with van der Waals surface area (Å²) in [5, 5.41) is 30.2. The van der Waals surface area contributed by atoms with Crippen molar-refractivity contribution in [1.29, 1.82) is 0 Å². The summed E-state index contributed by atoms with van der Waals surface area (Å²) >= 11 is 0. The van der Waals surface area contributed by atoms with Crippen LogP contribution in [0.3, 0.4) is 0 Å². The number of phenols is 1. The van der Waals surface area contributed by atoms with Crippen molar-refractivity contribution in [2.24, 2.45) is 0 Å². The van der Waals surface area contributed by atoms with Crippen molar-refractivity contribution in [2.45, 2.75) is 19.1 Å². The molecule has 0 heterocycles. The Kier molecular flexibility index (Phi) is 2.92. The summed E-state index contributed by atoms with van der Waals surface area (Å²) in [5.74, 6) is 0.239. The monoisotopic (exact) mass is 272 g/mol. The molecule has 0 spiro atoms. The van der Waals surface area contributed by atoms with Gasteiger partial charge in [0.2, 0.25) is 0 Å². The summed E-state index contributed by atoms with van der Waals surface area (Å²) < 4.78 is 5.22. The Morgan fingerprint density at radius 2 is 1.60 bits per heavy atom. The maximum atomic E-state index is 10.4. The molecular weight excluding hydrogens is 256 g/mol. The summed E-state index contributed by atoms with van der Waals surface area (Å²) in [6.07, 6.45) is -1.93. The summed E-state index contributed by atoms with van der Waals surface area (Å²) in [5.41, 5.74) is 3.37. The minimum absolute atomic E-state index is 0.000833. The molecule has 0 bridgehead atoms. The van der Waals surface area contributed by atoms with E-state index in [0.717, 1.165) is 11.1 Å². The number of methoxy groups -OCH3 is 1. The van der Waals surface area contributed by atoms with Gasteiger partial charge in [-0.2, -0.15) is 0 Å². The van der Waals surface area contributed by atoms with E-state index in [9.17, 15) is 15.3 Å². The number of rotatable bonds is 2. The topological polar surface area (TPSA) is 69.9 Å².